The minimum absolute atomic E-state index is 0.0274. The van der Waals surface area contributed by atoms with Gasteiger partial charge in [-0.1, -0.05) is 12.1 Å². The van der Waals surface area contributed by atoms with Gasteiger partial charge in [0.05, 0.1) is 10.6 Å². The Kier molecular flexibility index (Phi) is 5.01. The Morgan fingerprint density at radius 1 is 0.857 bits per heavy atom. The Labute approximate surface area is 162 Å². The van der Waals surface area contributed by atoms with E-state index in [0.29, 0.717) is 37.7 Å². The van der Waals surface area contributed by atoms with Crippen LogP contribution in [0.3, 0.4) is 0 Å². The molecular weight excluding hydrogens is 381 g/mol. The molecule has 7 nitrogen and oxygen atoms in total. The van der Waals surface area contributed by atoms with Gasteiger partial charge in [-0.15, -0.1) is 10.2 Å². The summed E-state index contributed by atoms with van der Waals surface area (Å²) >= 11 is 0. The van der Waals surface area contributed by atoms with E-state index >= 15 is 0 Å². The fourth-order valence-electron chi connectivity index (χ4n) is 3.08. The molecule has 1 aliphatic heterocycles. The number of aromatic nitrogens is 3. The van der Waals surface area contributed by atoms with Crippen LogP contribution in [-0.2, 0) is 10.0 Å². The molecule has 0 unspecified atom stereocenters. The molecule has 0 atom stereocenters. The van der Waals surface area contributed by atoms with Gasteiger partial charge in [-0.25, -0.2) is 12.8 Å². The van der Waals surface area contributed by atoms with E-state index in [1.54, 1.807) is 6.20 Å². The van der Waals surface area contributed by atoms with Crippen LogP contribution in [0.4, 0.5) is 10.2 Å². The fraction of sp³-hybridized carbons (Fsp3) is 0.211. The number of benzene rings is 1. The summed E-state index contributed by atoms with van der Waals surface area (Å²) in [4.78, 5) is 6.20. The molecule has 0 spiro atoms. The summed E-state index contributed by atoms with van der Waals surface area (Å²) in [5.41, 5.74) is 1.42. The Morgan fingerprint density at radius 3 is 2.32 bits per heavy atom. The van der Waals surface area contributed by atoms with Gasteiger partial charge in [0, 0.05) is 32.4 Å². The second-order valence-corrected chi connectivity index (χ2v) is 8.28. The third kappa shape index (κ3) is 3.71. The molecule has 28 heavy (non-hydrogen) atoms. The smallest absolute Gasteiger partial charge is 0.243 e. The van der Waals surface area contributed by atoms with Crippen molar-refractivity contribution >= 4 is 15.8 Å². The lowest BCUT2D eigenvalue weighted by Gasteiger charge is -2.34. The third-order valence-electron chi connectivity index (χ3n) is 4.57. The topological polar surface area (TPSA) is 79.3 Å². The van der Waals surface area contributed by atoms with Crippen LogP contribution < -0.4 is 4.90 Å². The van der Waals surface area contributed by atoms with E-state index in [-0.39, 0.29) is 4.90 Å². The van der Waals surface area contributed by atoms with Gasteiger partial charge in [0.2, 0.25) is 10.0 Å². The van der Waals surface area contributed by atoms with Crippen molar-refractivity contribution in [2.75, 3.05) is 31.1 Å². The maximum absolute atomic E-state index is 13.4. The van der Waals surface area contributed by atoms with E-state index in [1.165, 1.54) is 22.5 Å². The first-order valence-corrected chi connectivity index (χ1v) is 10.2. The zero-order valence-electron chi connectivity index (χ0n) is 14.9. The molecule has 144 valence electrons. The molecule has 4 rings (SSSR count). The van der Waals surface area contributed by atoms with Crippen LogP contribution in [0, 0.1) is 5.82 Å². The van der Waals surface area contributed by atoms with Gasteiger partial charge >= 0.3 is 0 Å². The van der Waals surface area contributed by atoms with Crippen molar-refractivity contribution in [1.82, 2.24) is 19.5 Å². The third-order valence-corrected chi connectivity index (χ3v) is 6.47. The molecular formula is C19H18FN5O2S. The van der Waals surface area contributed by atoms with Crippen LogP contribution in [0.1, 0.15) is 0 Å². The molecule has 3 heterocycles. The molecule has 1 fully saturated rings. The summed E-state index contributed by atoms with van der Waals surface area (Å²) < 4.78 is 40.1. The lowest BCUT2D eigenvalue weighted by atomic mass is 10.2. The van der Waals surface area contributed by atoms with Crippen LogP contribution in [-0.4, -0.2) is 54.1 Å². The van der Waals surface area contributed by atoms with Crippen LogP contribution in [0.15, 0.2) is 65.7 Å². The molecule has 3 aromatic rings. The van der Waals surface area contributed by atoms with Crippen LogP contribution in [0.5, 0.6) is 0 Å². The zero-order chi connectivity index (χ0) is 19.6. The van der Waals surface area contributed by atoms with E-state index in [9.17, 15) is 12.8 Å². The number of nitrogens with zero attached hydrogens (tertiary/aromatic N) is 5. The molecule has 0 aliphatic carbocycles. The first kappa shape index (κ1) is 18.5. The van der Waals surface area contributed by atoms with Crippen molar-refractivity contribution in [3.8, 4) is 11.4 Å². The Hall–Kier alpha value is -2.91. The summed E-state index contributed by atoms with van der Waals surface area (Å²) in [6.07, 6.45) is 1.70. The molecule has 1 aromatic carbocycles. The van der Waals surface area contributed by atoms with Crippen molar-refractivity contribution in [1.29, 1.82) is 0 Å². The van der Waals surface area contributed by atoms with Gasteiger partial charge in [0.25, 0.3) is 0 Å². The van der Waals surface area contributed by atoms with Crippen molar-refractivity contribution in [3.05, 3.63) is 66.6 Å². The fourth-order valence-corrected chi connectivity index (χ4v) is 4.53. The number of halogens is 1. The highest BCUT2D eigenvalue weighted by atomic mass is 32.2. The minimum Gasteiger partial charge on any atom is -0.352 e. The number of hydrogen-bond donors (Lipinski definition) is 0. The lowest BCUT2D eigenvalue weighted by molar-refractivity contribution is 0.383. The quantitative estimate of drug-likeness (QED) is 0.669. The van der Waals surface area contributed by atoms with E-state index in [0.717, 1.165) is 11.8 Å². The number of hydrogen-bond acceptors (Lipinski definition) is 6. The molecule has 2 aromatic heterocycles. The Bertz CT molecular complexity index is 1050. The second kappa shape index (κ2) is 7.61. The van der Waals surface area contributed by atoms with Gasteiger partial charge in [-0.2, -0.15) is 4.31 Å². The molecule has 0 N–H and O–H groups in total. The van der Waals surface area contributed by atoms with E-state index in [2.05, 4.69) is 15.2 Å². The maximum Gasteiger partial charge on any atom is 0.243 e. The molecule has 9 heteroatoms. The number of rotatable bonds is 4. The summed E-state index contributed by atoms with van der Waals surface area (Å²) in [5, 5.41) is 8.48. The number of anilines is 1. The molecule has 0 saturated carbocycles. The number of piperazine rings is 1. The van der Waals surface area contributed by atoms with Gasteiger partial charge in [-0.05, 0) is 42.5 Å². The average Bonchev–Trinajstić information content (AvgIpc) is 2.75. The molecule has 0 bridgehead atoms. The predicted molar refractivity (Wildman–Crippen MR) is 103 cm³/mol. The SMILES string of the molecule is O=S(=O)(c1cccc(F)c1)N1CCN(c2ccc(-c3ccccn3)nn2)CC1. The molecule has 0 amide bonds. The van der Waals surface area contributed by atoms with Crippen molar-refractivity contribution in [3.63, 3.8) is 0 Å². The summed E-state index contributed by atoms with van der Waals surface area (Å²) in [7, 11) is -3.71. The summed E-state index contributed by atoms with van der Waals surface area (Å²) in [5.74, 6) is 0.116. The highest BCUT2D eigenvalue weighted by Crippen LogP contribution is 2.21. The van der Waals surface area contributed by atoms with Gasteiger partial charge < -0.3 is 4.90 Å². The Balaban J connectivity index is 1.44. The van der Waals surface area contributed by atoms with Crippen LogP contribution >= 0.6 is 0 Å². The first-order chi connectivity index (χ1) is 13.5. The zero-order valence-corrected chi connectivity index (χ0v) is 15.8. The standard InChI is InChI=1S/C19H18FN5O2S/c20-15-4-3-5-16(14-15)28(26,27)25-12-10-24(11-13-25)19-8-7-18(22-23-19)17-6-1-2-9-21-17/h1-9,14H,10-13H2. The molecule has 0 radical (unpaired) electrons. The average molecular weight is 399 g/mol. The van der Waals surface area contributed by atoms with Crippen molar-refractivity contribution in [2.45, 2.75) is 4.90 Å². The minimum atomic E-state index is -3.71. The lowest BCUT2D eigenvalue weighted by Crippen LogP contribution is -2.49. The first-order valence-electron chi connectivity index (χ1n) is 8.80. The maximum atomic E-state index is 13.4. The van der Waals surface area contributed by atoms with Crippen molar-refractivity contribution in [2.24, 2.45) is 0 Å². The molecule has 1 aliphatic rings. The van der Waals surface area contributed by atoms with E-state index < -0.39 is 15.8 Å². The largest absolute Gasteiger partial charge is 0.352 e. The highest BCUT2D eigenvalue weighted by Gasteiger charge is 2.29. The monoisotopic (exact) mass is 399 g/mol. The van der Waals surface area contributed by atoms with Gasteiger partial charge in [0.15, 0.2) is 5.82 Å². The van der Waals surface area contributed by atoms with Crippen LogP contribution in [0.2, 0.25) is 0 Å². The molecule has 1 saturated heterocycles. The van der Waals surface area contributed by atoms with Gasteiger partial charge in [-0.3, -0.25) is 4.98 Å². The normalized spacial score (nSPS) is 15.5. The number of pyridine rings is 1. The Morgan fingerprint density at radius 2 is 1.68 bits per heavy atom. The number of sulfonamides is 1. The van der Waals surface area contributed by atoms with E-state index in [4.69, 9.17) is 0 Å². The highest BCUT2D eigenvalue weighted by molar-refractivity contribution is 7.89. The second-order valence-electron chi connectivity index (χ2n) is 6.34. The summed E-state index contributed by atoms with van der Waals surface area (Å²) in [6.45, 7) is 1.54. The predicted octanol–water partition coefficient (Wildman–Crippen LogP) is 2.19. The van der Waals surface area contributed by atoms with Gasteiger partial charge in [0.1, 0.15) is 11.5 Å². The van der Waals surface area contributed by atoms with Crippen molar-refractivity contribution < 1.29 is 12.8 Å². The summed E-state index contributed by atoms with van der Waals surface area (Å²) in [6, 6.07) is 14.4. The van der Waals surface area contributed by atoms with Crippen LogP contribution in [0.25, 0.3) is 11.4 Å². The van der Waals surface area contributed by atoms with E-state index in [1.807, 2.05) is 35.2 Å².